The number of fused-ring (bicyclic) bond motifs is 5. The lowest BCUT2D eigenvalue weighted by Gasteiger charge is -2.60. The Morgan fingerprint density at radius 2 is 1.84 bits per heavy atom. The molecule has 0 aromatic carbocycles. The van der Waals surface area contributed by atoms with Crippen LogP contribution in [0, 0.1) is 46.3 Å². The molecule has 2 N–H and O–H groups in total. The van der Waals surface area contributed by atoms with Crippen LogP contribution in [-0.4, -0.2) is 28.9 Å². The lowest BCUT2D eigenvalue weighted by Crippen LogP contribution is -2.57. The van der Waals surface area contributed by atoms with Crippen molar-refractivity contribution in [1.29, 1.82) is 0 Å². The molecule has 9 atom stereocenters. The first-order valence-electron chi connectivity index (χ1n) is 13.1. The number of hydrogen-bond acceptors (Lipinski definition) is 3. The summed E-state index contributed by atoms with van der Waals surface area (Å²) in [6.07, 6.45) is 9.78. The Kier molecular flexibility index (Phi) is 6.35. The molecule has 4 rings (SSSR count). The maximum absolute atomic E-state index is 13.8. The first kappa shape index (κ1) is 23.3. The summed E-state index contributed by atoms with van der Waals surface area (Å²) in [6.45, 7) is 11.0. The monoisotopic (exact) mass is 431 g/mol. The predicted molar refractivity (Wildman–Crippen MR) is 123 cm³/mol. The zero-order valence-corrected chi connectivity index (χ0v) is 20.5. The molecule has 0 heterocycles. The van der Waals surface area contributed by atoms with Gasteiger partial charge in [-0.2, -0.15) is 0 Å². The molecular formula is C27H45NO3. The van der Waals surface area contributed by atoms with Gasteiger partial charge in [0.25, 0.3) is 0 Å². The van der Waals surface area contributed by atoms with Crippen LogP contribution in [-0.2, 0) is 9.59 Å². The molecule has 1 unspecified atom stereocenters. The summed E-state index contributed by atoms with van der Waals surface area (Å²) in [4.78, 5) is 26.0. The van der Waals surface area contributed by atoms with Crippen LogP contribution in [0.15, 0.2) is 0 Å². The molecule has 4 aliphatic carbocycles. The van der Waals surface area contributed by atoms with E-state index < -0.39 is 0 Å². The van der Waals surface area contributed by atoms with Gasteiger partial charge in [0.05, 0.1) is 6.10 Å². The molecule has 4 nitrogen and oxygen atoms in total. The number of hydrogen-bond donors (Lipinski definition) is 2. The summed E-state index contributed by atoms with van der Waals surface area (Å²) in [5, 5.41) is 13.3. The van der Waals surface area contributed by atoms with E-state index in [0.29, 0.717) is 47.7 Å². The molecule has 4 heteroatoms. The van der Waals surface area contributed by atoms with E-state index in [1.54, 1.807) is 0 Å². The van der Waals surface area contributed by atoms with Crippen molar-refractivity contribution < 1.29 is 14.7 Å². The van der Waals surface area contributed by atoms with Crippen LogP contribution in [0.1, 0.15) is 98.8 Å². The van der Waals surface area contributed by atoms with Crippen molar-refractivity contribution in [1.82, 2.24) is 5.32 Å². The first-order chi connectivity index (χ1) is 14.6. The van der Waals surface area contributed by atoms with Crippen molar-refractivity contribution in [2.24, 2.45) is 46.3 Å². The molecule has 0 saturated heterocycles. The van der Waals surface area contributed by atoms with E-state index in [4.69, 9.17) is 0 Å². The summed E-state index contributed by atoms with van der Waals surface area (Å²) in [7, 11) is 0. The molecule has 0 aromatic heterocycles. The van der Waals surface area contributed by atoms with Crippen molar-refractivity contribution in [2.75, 3.05) is 0 Å². The quantitative estimate of drug-likeness (QED) is 0.634. The Bertz CT molecular complexity index is 705. The highest BCUT2D eigenvalue weighted by molar-refractivity contribution is 5.87. The third-order valence-electron chi connectivity index (χ3n) is 10.5. The van der Waals surface area contributed by atoms with Gasteiger partial charge in [0, 0.05) is 24.3 Å². The number of carbonyl (C=O) groups is 2. The van der Waals surface area contributed by atoms with Crippen LogP contribution < -0.4 is 5.32 Å². The highest BCUT2D eigenvalue weighted by atomic mass is 16.3. The fourth-order valence-corrected chi connectivity index (χ4v) is 8.84. The van der Waals surface area contributed by atoms with Gasteiger partial charge in [0.2, 0.25) is 5.91 Å². The van der Waals surface area contributed by atoms with E-state index >= 15 is 0 Å². The third-order valence-corrected chi connectivity index (χ3v) is 10.5. The molecule has 0 radical (unpaired) electrons. The Morgan fingerprint density at radius 1 is 1.10 bits per heavy atom. The molecule has 4 saturated carbocycles. The molecule has 4 aliphatic rings. The summed E-state index contributed by atoms with van der Waals surface area (Å²) in [6, 6.07) is 0.186. The zero-order chi connectivity index (χ0) is 22.6. The minimum absolute atomic E-state index is 0.135. The number of amides is 1. The molecule has 0 aliphatic heterocycles. The Balaban J connectivity index is 1.49. The van der Waals surface area contributed by atoms with Gasteiger partial charge in [0.15, 0.2) is 0 Å². The molecular weight excluding hydrogens is 386 g/mol. The average Bonchev–Trinajstić information content (AvgIpc) is 3.06. The maximum Gasteiger partial charge on any atom is 0.220 e. The van der Waals surface area contributed by atoms with Crippen molar-refractivity contribution in [3.05, 3.63) is 0 Å². The minimum atomic E-state index is -0.202. The summed E-state index contributed by atoms with van der Waals surface area (Å²) in [5.41, 5.74) is 0.0320. The Hall–Kier alpha value is -0.900. The van der Waals surface area contributed by atoms with E-state index in [1.165, 1.54) is 19.3 Å². The Labute approximate surface area is 189 Å². The van der Waals surface area contributed by atoms with Gasteiger partial charge in [-0.05, 0) is 106 Å². The fourth-order valence-electron chi connectivity index (χ4n) is 8.84. The summed E-state index contributed by atoms with van der Waals surface area (Å²) >= 11 is 0. The van der Waals surface area contributed by atoms with Crippen LogP contribution in [0.5, 0.6) is 0 Å². The van der Waals surface area contributed by atoms with Crippen molar-refractivity contribution in [3.8, 4) is 0 Å². The summed E-state index contributed by atoms with van der Waals surface area (Å²) < 4.78 is 0. The van der Waals surface area contributed by atoms with Crippen LogP contribution in [0.3, 0.4) is 0 Å². The number of carbonyl (C=O) groups excluding carboxylic acids is 2. The van der Waals surface area contributed by atoms with Gasteiger partial charge in [0.1, 0.15) is 5.78 Å². The van der Waals surface area contributed by atoms with Gasteiger partial charge in [-0.15, -0.1) is 0 Å². The topological polar surface area (TPSA) is 66.4 Å². The van der Waals surface area contributed by atoms with Crippen molar-refractivity contribution >= 4 is 11.7 Å². The third kappa shape index (κ3) is 3.89. The highest BCUT2D eigenvalue weighted by Gasteiger charge is 2.63. The van der Waals surface area contributed by atoms with E-state index in [-0.39, 0.29) is 28.9 Å². The smallest absolute Gasteiger partial charge is 0.220 e. The van der Waals surface area contributed by atoms with Crippen LogP contribution >= 0.6 is 0 Å². The second-order valence-corrected chi connectivity index (χ2v) is 12.4. The maximum atomic E-state index is 13.8. The number of ketones is 1. The Morgan fingerprint density at radius 3 is 2.55 bits per heavy atom. The van der Waals surface area contributed by atoms with E-state index in [9.17, 15) is 14.7 Å². The standard InChI is InChI=1S/C27H45NO3/c1-16(2)28-25(31)11-6-17(3)21-9-10-22-20-8-7-18-14-19(29)12-13-26(18,4)23(20)15-24(30)27(21,22)5/h16-23,29H,6-15H2,1-5H3,(H,28,31)/t17-,18-,19?,20+,21-,22+,23+,26+,27-/m0/s1. The zero-order valence-electron chi connectivity index (χ0n) is 20.5. The molecule has 0 bridgehead atoms. The van der Waals surface area contributed by atoms with Crippen LogP contribution in [0.25, 0.3) is 0 Å². The molecule has 1 amide bonds. The highest BCUT2D eigenvalue weighted by Crippen LogP contribution is 2.67. The van der Waals surface area contributed by atoms with Gasteiger partial charge in [-0.1, -0.05) is 20.8 Å². The van der Waals surface area contributed by atoms with E-state index in [1.807, 2.05) is 13.8 Å². The fraction of sp³-hybridized carbons (Fsp3) is 0.926. The lowest BCUT2D eigenvalue weighted by atomic mass is 9.44. The van der Waals surface area contributed by atoms with Crippen molar-refractivity contribution in [3.63, 3.8) is 0 Å². The molecule has 176 valence electrons. The second-order valence-electron chi connectivity index (χ2n) is 12.4. The molecule has 0 spiro atoms. The minimum Gasteiger partial charge on any atom is -0.393 e. The van der Waals surface area contributed by atoms with Gasteiger partial charge in [-0.25, -0.2) is 0 Å². The first-order valence-corrected chi connectivity index (χ1v) is 13.1. The summed E-state index contributed by atoms with van der Waals surface area (Å²) in [5.74, 6) is 3.75. The van der Waals surface area contributed by atoms with E-state index in [2.05, 4.69) is 26.1 Å². The predicted octanol–water partition coefficient (Wildman–Crippen LogP) is 5.13. The number of rotatable bonds is 5. The van der Waals surface area contributed by atoms with Crippen molar-refractivity contribution in [2.45, 2.75) is 111 Å². The average molecular weight is 432 g/mol. The van der Waals surface area contributed by atoms with E-state index in [0.717, 1.165) is 38.5 Å². The number of nitrogens with one attached hydrogen (secondary N) is 1. The van der Waals surface area contributed by atoms with Crippen LogP contribution in [0.2, 0.25) is 0 Å². The largest absolute Gasteiger partial charge is 0.393 e. The number of aliphatic hydroxyl groups is 1. The molecule has 4 fully saturated rings. The normalized spacial score (nSPS) is 45.6. The number of Topliss-reactive ketones (excluding diaryl/α,β-unsaturated/α-hetero) is 1. The van der Waals surface area contributed by atoms with Gasteiger partial charge >= 0.3 is 0 Å². The number of aliphatic hydroxyl groups excluding tert-OH is 1. The van der Waals surface area contributed by atoms with Gasteiger partial charge in [-0.3, -0.25) is 9.59 Å². The van der Waals surface area contributed by atoms with Gasteiger partial charge < -0.3 is 10.4 Å². The SMILES string of the molecule is CC(C)NC(=O)CC[C@H](C)[C@@H]1CC[C@@H]2[C@H]3CC[C@H]4CC(O)CC[C@@]4(C)[C@@H]3CC(=O)[C@]21C. The molecule has 31 heavy (non-hydrogen) atoms. The van der Waals surface area contributed by atoms with Crippen LogP contribution in [0.4, 0.5) is 0 Å². The second kappa shape index (κ2) is 8.47. The molecule has 0 aromatic rings. The lowest BCUT2D eigenvalue weighted by molar-refractivity contribution is -0.160.